The molecular weight excluding hydrogens is 426 g/mol. The van der Waals surface area contributed by atoms with Crippen molar-refractivity contribution in [1.29, 1.82) is 0 Å². The van der Waals surface area contributed by atoms with Crippen LogP contribution in [0.3, 0.4) is 0 Å². The molecule has 2 atom stereocenters. The first-order valence-electron chi connectivity index (χ1n) is 10.3. The molecule has 31 heavy (non-hydrogen) atoms. The maximum Gasteiger partial charge on any atom is 0.162 e. The Labute approximate surface area is 191 Å². The molecule has 5 heteroatoms. The van der Waals surface area contributed by atoms with Crippen LogP contribution in [0.15, 0.2) is 89.0 Å². The van der Waals surface area contributed by atoms with Gasteiger partial charge in [-0.15, -0.1) is 11.8 Å². The zero-order valence-electron chi connectivity index (χ0n) is 17.1. The van der Waals surface area contributed by atoms with Crippen LogP contribution < -0.4 is 10.1 Å². The van der Waals surface area contributed by atoms with E-state index in [4.69, 9.17) is 16.3 Å². The summed E-state index contributed by atoms with van der Waals surface area (Å²) < 4.78 is 5.29. The van der Waals surface area contributed by atoms with E-state index >= 15 is 0 Å². The van der Waals surface area contributed by atoms with Crippen molar-refractivity contribution in [2.45, 2.75) is 28.9 Å². The van der Waals surface area contributed by atoms with Crippen LogP contribution in [0.1, 0.15) is 35.1 Å². The van der Waals surface area contributed by atoms with Crippen LogP contribution >= 0.6 is 23.4 Å². The molecule has 0 saturated heterocycles. The Morgan fingerprint density at radius 1 is 0.935 bits per heavy atom. The quantitative estimate of drug-likeness (QED) is 0.468. The van der Waals surface area contributed by atoms with Crippen molar-refractivity contribution >= 4 is 34.8 Å². The zero-order valence-corrected chi connectivity index (χ0v) is 18.7. The minimum atomic E-state index is -0.0623. The molecule has 0 aromatic heterocycles. The van der Waals surface area contributed by atoms with E-state index < -0.39 is 0 Å². The number of benzene rings is 3. The van der Waals surface area contributed by atoms with Gasteiger partial charge in [0.1, 0.15) is 5.75 Å². The molecule has 2 aliphatic rings. The predicted molar refractivity (Wildman–Crippen MR) is 127 cm³/mol. The molecular formula is C26H22ClNO2S. The summed E-state index contributed by atoms with van der Waals surface area (Å²) in [7, 11) is 1.66. The molecule has 1 heterocycles. The van der Waals surface area contributed by atoms with Gasteiger partial charge in [-0.3, -0.25) is 4.79 Å². The number of hydrogen-bond acceptors (Lipinski definition) is 4. The van der Waals surface area contributed by atoms with Crippen LogP contribution in [-0.2, 0) is 4.79 Å². The molecule has 0 unspecified atom stereocenters. The van der Waals surface area contributed by atoms with Gasteiger partial charge < -0.3 is 10.1 Å². The summed E-state index contributed by atoms with van der Waals surface area (Å²) in [4.78, 5) is 14.7. The highest BCUT2D eigenvalue weighted by Gasteiger charge is 2.36. The summed E-state index contributed by atoms with van der Waals surface area (Å²) >= 11 is 7.86. The van der Waals surface area contributed by atoms with Crippen LogP contribution in [0.2, 0.25) is 5.02 Å². The van der Waals surface area contributed by atoms with Crippen LogP contribution in [0.5, 0.6) is 5.75 Å². The van der Waals surface area contributed by atoms with Gasteiger partial charge in [0.15, 0.2) is 5.78 Å². The van der Waals surface area contributed by atoms with Crippen LogP contribution in [0.25, 0.3) is 0 Å². The number of halogens is 1. The SMILES string of the molecule is COc1ccc([C@@H]2CC(=O)C3=C(C2)Nc2ccccc2S[C@@H]3c2ccc(Cl)cc2)cc1. The molecule has 5 rings (SSSR count). The summed E-state index contributed by atoms with van der Waals surface area (Å²) in [5.74, 6) is 1.17. The summed E-state index contributed by atoms with van der Waals surface area (Å²) in [6.45, 7) is 0. The van der Waals surface area contributed by atoms with Crippen LogP contribution in [-0.4, -0.2) is 12.9 Å². The maximum atomic E-state index is 13.5. The highest BCUT2D eigenvalue weighted by Crippen LogP contribution is 2.51. The van der Waals surface area contributed by atoms with Gasteiger partial charge in [0.25, 0.3) is 0 Å². The van der Waals surface area contributed by atoms with E-state index in [1.165, 1.54) is 0 Å². The Morgan fingerprint density at radius 3 is 2.39 bits per heavy atom. The van der Waals surface area contributed by atoms with E-state index in [-0.39, 0.29) is 17.0 Å². The minimum absolute atomic E-state index is 0.0623. The average molecular weight is 448 g/mol. The molecule has 0 radical (unpaired) electrons. The first-order valence-corrected chi connectivity index (χ1v) is 11.6. The molecule has 3 aromatic carbocycles. The molecule has 0 spiro atoms. The van der Waals surface area contributed by atoms with Gasteiger partial charge in [-0.2, -0.15) is 0 Å². The van der Waals surface area contributed by atoms with E-state index in [2.05, 4.69) is 29.6 Å². The normalized spacial score (nSPS) is 20.4. The third-order valence-electron chi connectivity index (χ3n) is 5.95. The summed E-state index contributed by atoms with van der Waals surface area (Å²) in [6, 6.07) is 24.2. The van der Waals surface area contributed by atoms with Crippen LogP contribution in [0, 0.1) is 0 Å². The predicted octanol–water partition coefficient (Wildman–Crippen LogP) is 7.01. The second-order valence-corrected chi connectivity index (χ2v) is 9.45. The molecule has 0 fully saturated rings. The van der Waals surface area contributed by atoms with Crippen LogP contribution in [0.4, 0.5) is 5.69 Å². The Morgan fingerprint density at radius 2 is 1.65 bits per heavy atom. The van der Waals surface area contributed by atoms with Gasteiger partial charge in [-0.05, 0) is 59.9 Å². The number of allylic oxidation sites excluding steroid dienone is 1. The lowest BCUT2D eigenvalue weighted by Gasteiger charge is -2.29. The first-order chi connectivity index (χ1) is 15.1. The van der Waals surface area contributed by atoms with Crippen molar-refractivity contribution in [3.8, 4) is 5.75 Å². The molecule has 1 aliphatic carbocycles. The number of carbonyl (C=O) groups is 1. The molecule has 0 saturated carbocycles. The molecule has 0 bridgehead atoms. The average Bonchev–Trinajstić information content (AvgIpc) is 2.96. The molecule has 3 aromatic rings. The van der Waals surface area contributed by atoms with Gasteiger partial charge in [-0.1, -0.05) is 48.0 Å². The Bertz CT molecular complexity index is 1150. The van der Waals surface area contributed by atoms with Gasteiger partial charge in [0, 0.05) is 27.6 Å². The molecule has 156 valence electrons. The first kappa shape index (κ1) is 20.2. The van der Waals surface area contributed by atoms with E-state index in [1.807, 2.05) is 48.5 Å². The Balaban J connectivity index is 1.57. The highest BCUT2D eigenvalue weighted by atomic mass is 35.5. The van der Waals surface area contributed by atoms with Crippen molar-refractivity contribution < 1.29 is 9.53 Å². The lowest BCUT2D eigenvalue weighted by Crippen LogP contribution is -2.24. The number of ketones is 1. The maximum absolute atomic E-state index is 13.5. The number of carbonyl (C=O) groups excluding carboxylic acids is 1. The van der Waals surface area contributed by atoms with Gasteiger partial charge in [0.2, 0.25) is 0 Å². The molecule has 0 amide bonds. The third-order valence-corrected chi connectivity index (χ3v) is 7.55. The Kier molecular flexibility index (Phi) is 5.51. The number of nitrogens with one attached hydrogen (secondary N) is 1. The molecule has 3 nitrogen and oxygen atoms in total. The fourth-order valence-electron chi connectivity index (χ4n) is 4.36. The number of para-hydroxylation sites is 1. The lowest BCUT2D eigenvalue weighted by atomic mass is 9.80. The zero-order chi connectivity index (χ0) is 21.4. The third kappa shape index (κ3) is 3.98. The van der Waals surface area contributed by atoms with Crippen molar-refractivity contribution in [3.63, 3.8) is 0 Å². The number of thioether (sulfide) groups is 1. The van der Waals surface area contributed by atoms with Crippen molar-refractivity contribution in [3.05, 3.63) is 100 Å². The van der Waals surface area contributed by atoms with E-state index in [0.29, 0.717) is 11.4 Å². The van der Waals surface area contributed by atoms with Crippen molar-refractivity contribution in [1.82, 2.24) is 0 Å². The second kappa shape index (κ2) is 8.45. The van der Waals surface area contributed by atoms with Gasteiger partial charge in [-0.25, -0.2) is 0 Å². The summed E-state index contributed by atoms with van der Waals surface area (Å²) in [6.07, 6.45) is 1.31. The van der Waals surface area contributed by atoms with Crippen molar-refractivity contribution in [2.75, 3.05) is 12.4 Å². The monoisotopic (exact) mass is 447 g/mol. The highest BCUT2D eigenvalue weighted by molar-refractivity contribution is 8.00. The number of Topliss-reactive ketones (excluding diaryl/α,β-unsaturated/α-hetero) is 1. The Hall–Kier alpha value is -2.69. The van der Waals surface area contributed by atoms with Gasteiger partial charge in [0.05, 0.1) is 18.0 Å². The fraction of sp³-hybridized carbons (Fsp3) is 0.192. The van der Waals surface area contributed by atoms with E-state index in [1.54, 1.807) is 18.9 Å². The van der Waals surface area contributed by atoms with E-state index in [9.17, 15) is 4.79 Å². The number of rotatable bonds is 3. The van der Waals surface area contributed by atoms with E-state index in [0.717, 1.165) is 45.2 Å². The number of hydrogen-bond donors (Lipinski definition) is 1. The second-order valence-electron chi connectivity index (χ2n) is 7.86. The number of methoxy groups -OCH3 is 1. The minimum Gasteiger partial charge on any atom is -0.497 e. The fourth-order valence-corrected chi connectivity index (χ4v) is 5.83. The standard InChI is InChI=1S/C26H22ClNO2S/c1-30-20-12-8-16(9-13-20)18-14-22-25(23(29)15-18)26(17-6-10-19(27)11-7-17)31-24-5-3-2-4-21(24)28-22/h2-13,18,26,28H,14-15H2,1H3/t18-,26+/m0/s1. The molecule has 1 N–H and O–H groups in total. The topological polar surface area (TPSA) is 38.3 Å². The number of anilines is 1. The number of fused-ring (bicyclic) bond motifs is 1. The number of ether oxygens (including phenoxy) is 1. The van der Waals surface area contributed by atoms with Crippen molar-refractivity contribution in [2.24, 2.45) is 0 Å². The smallest absolute Gasteiger partial charge is 0.162 e. The summed E-state index contributed by atoms with van der Waals surface area (Å²) in [5.41, 5.74) is 5.22. The largest absolute Gasteiger partial charge is 0.497 e. The molecule has 1 aliphatic heterocycles. The van der Waals surface area contributed by atoms with Gasteiger partial charge >= 0.3 is 0 Å². The summed E-state index contributed by atoms with van der Waals surface area (Å²) in [5, 5.41) is 4.25. The lowest BCUT2D eigenvalue weighted by molar-refractivity contribution is -0.116.